The van der Waals surface area contributed by atoms with Gasteiger partial charge in [0, 0.05) is 38.1 Å². The second kappa shape index (κ2) is 11.0. The molecule has 0 saturated carbocycles. The Balaban J connectivity index is 2.14. The summed E-state index contributed by atoms with van der Waals surface area (Å²) in [7, 11) is 2.01. The van der Waals surface area contributed by atoms with Gasteiger partial charge >= 0.3 is 0 Å². The molecule has 0 fully saturated rings. The van der Waals surface area contributed by atoms with Crippen LogP contribution in [0.4, 0.5) is 5.69 Å². The molecule has 5 heteroatoms. The number of amides is 1. The van der Waals surface area contributed by atoms with Gasteiger partial charge in [0.25, 0.3) is 0 Å². The largest absolute Gasteiger partial charge is 0.381 e. The molecular formula is C17H29N3O2. The molecule has 0 bridgehead atoms. The summed E-state index contributed by atoms with van der Waals surface area (Å²) in [5.41, 5.74) is 12.3. The van der Waals surface area contributed by atoms with E-state index in [1.165, 1.54) is 12.8 Å². The summed E-state index contributed by atoms with van der Waals surface area (Å²) >= 11 is 0. The standard InChI is InChI=1S/C17H29N3O2/c1-20(16-9-6-8-15(14-16)17(19)21)11-7-13-22-12-5-3-2-4-10-18/h6,8-9,14H,2-5,7,10-13,18H2,1H3,(H2,19,21). The maximum absolute atomic E-state index is 11.2. The Labute approximate surface area is 133 Å². The van der Waals surface area contributed by atoms with E-state index in [0.29, 0.717) is 5.56 Å². The van der Waals surface area contributed by atoms with Gasteiger partial charge < -0.3 is 21.1 Å². The number of carbonyl (C=O) groups is 1. The molecule has 0 saturated heterocycles. The zero-order chi connectivity index (χ0) is 16.2. The molecule has 0 spiro atoms. The fourth-order valence-corrected chi connectivity index (χ4v) is 2.23. The normalized spacial score (nSPS) is 10.6. The van der Waals surface area contributed by atoms with Gasteiger partial charge in [-0.3, -0.25) is 4.79 Å². The van der Waals surface area contributed by atoms with Gasteiger partial charge in [-0.15, -0.1) is 0 Å². The third-order valence-corrected chi connectivity index (χ3v) is 3.60. The van der Waals surface area contributed by atoms with Crippen molar-refractivity contribution < 1.29 is 9.53 Å². The Kier molecular flexibility index (Phi) is 9.26. The van der Waals surface area contributed by atoms with Gasteiger partial charge in [-0.25, -0.2) is 0 Å². The van der Waals surface area contributed by atoms with E-state index in [0.717, 1.165) is 51.3 Å². The minimum absolute atomic E-state index is 0.395. The Hall–Kier alpha value is -1.59. The molecular weight excluding hydrogens is 278 g/mol. The third kappa shape index (κ3) is 7.43. The zero-order valence-corrected chi connectivity index (χ0v) is 13.6. The van der Waals surface area contributed by atoms with E-state index in [4.69, 9.17) is 16.2 Å². The highest BCUT2D eigenvalue weighted by molar-refractivity contribution is 5.93. The smallest absolute Gasteiger partial charge is 0.248 e. The number of ether oxygens (including phenoxy) is 1. The summed E-state index contributed by atoms with van der Waals surface area (Å²) in [5, 5.41) is 0. The monoisotopic (exact) mass is 307 g/mol. The van der Waals surface area contributed by atoms with Gasteiger partial charge in [-0.2, -0.15) is 0 Å². The first-order chi connectivity index (χ1) is 10.6. The molecule has 124 valence electrons. The van der Waals surface area contributed by atoms with Crippen molar-refractivity contribution in [2.24, 2.45) is 11.5 Å². The van der Waals surface area contributed by atoms with Crippen LogP contribution < -0.4 is 16.4 Å². The quantitative estimate of drug-likeness (QED) is 0.580. The fraction of sp³-hybridized carbons (Fsp3) is 0.588. The average molecular weight is 307 g/mol. The molecule has 0 aliphatic heterocycles. The van der Waals surface area contributed by atoms with Gasteiger partial charge in [0.15, 0.2) is 0 Å². The van der Waals surface area contributed by atoms with Crippen molar-refractivity contribution in [2.45, 2.75) is 32.1 Å². The van der Waals surface area contributed by atoms with Crippen molar-refractivity contribution in [3.63, 3.8) is 0 Å². The Morgan fingerprint density at radius 1 is 1.14 bits per heavy atom. The first-order valence-corrected chi connectivity index (χ1v) is 8.04. The highest BCUT2D eigenvalue weighted by Crippen LogP contribution is 2.14. The van der Waals surface area contributed by atoms with Crippen LogP contribution in [-0.4, -0.2) is 39.3 Å². The summed E-state index contributed by atoms with van der Waals surface area (Å²) < 4.78 is 5.63. The van der Waals surface area contributed by atoms with E-state index in [9.17, 15) is 4.79 Å². The van der Waals surface area contributed by atoms with Crippen molar-refractivity contribution in [1.29, 1.82) is 0 Å². The lowest BCUT2D eigenvalue weighted by Crippen LogP contribution is -2.21. The number of anilines is 1. The number of benzene rings is 1. The Morgan fingerprint density at radius 2 is 1.86 bits per heavy atom. The molecule has 0 radical (unpaired) electrons. The number of primary amides is 1. The summed E-state index contributed by atoms with van der Waals surface area (Å²) in [6.45, 7) is 3.25. The number of carbonyl (C=O) groups excluding carboxylic acids is 1. The van der Waals surface area contributed by atoms with Crippen molar-refractivity contribution >= 4 is 11.6 Å². The summed E-state index contributed by atoms with van der Waals surface area (Å²) in [4.78, 5) is 13.3. The van der Waals surface area contributed by atoms with Gasteiger partial charge in [0.1, 0.15) is 0 Å². The lowest BCUT2D eigenvalue weighted by atomic mass is 10.2. The molecule has 4 N–H and O–H groups in total. The predicted octanol–water partition coefficient (Wildman–Crippen LogP) is 2.15. The summed E-state index contributed by atoms with van der Waals surface area (Å²) in [6.07, 6.45) is 5.56. The summed E-state index contributed by atoms with van der Waals surface area (Å²) in [6, 6.07) is 7.38. The lowest BCUT2D eigenvalue weighted by molar-refractivity contribution is 0.100. The SMILES string of the molecule is CN(CCCOCCCCCCN)c1cccc(C(N)=O)c1. The van der Waals surface area contributed by atoms with Crippen molar-refractivity contribution in [3.8, 4) is 0 Å². The van der Waals surface area contributed by atoms with Crippen molar-refractivity contribution in [1.82, 2.24) is 0 Å². The minimum Gasteiger partial charge on any atom is -0.381 e. The fourth-order valence-electron chi connectivity index (χ4n) is 2.23. The molecule has 0 aliphatic rings. The summed E-state index contributed by atoms with van der Waals surface area (Å²) in [5.74, 6) is -0.395. The molecule has 0 heterocycles. The minimum atomic E-state index is -0.395. The third-order valence-electron chi connectivity index (χ3n) is 3.60. The van der Waals surface area contributed by atoms with Crippen LogP contribution in [0.2, 0.25) is 0 Å². The van der Waals surface area contributed by atoms with Gasteiger partial charge in [-0.05, 0) is 44.0 Å². The van der Waals surface area contributed by atoms with Crippen LogP contribution in [0, 0.1) is 0 Å². The lowest BCUT2D eigenvalue weighted by Gasteiger charge is -2.19. The van der Waals surface area contributed by atoms with Crippen LogP contribution in [-0.2, 0) is 4.74 Å². The number of nitrogens with zero attached hydrogens (tertiary/aromatic N) is 1. The van der Waals surface area contributed by atoms with E-state index in [1.807, 2.05) is 25.2 Å². The van der Waals surface area contributed by atoms with Crippen LogP contribution in [0.3, 0.4) is 0 Å². The van der Waals surface area contributed by atoms with Gasteiger partial charge in [0.2, 0.25) is 5.91 Å². The topological polar surface area (TPSA) is 81.6 Å². The maximum Gasteiger partial charge on any atom is 0.248 e. The Morgan fingerprint density at radius 3 is 2.59 bits per heavy atom. The van der Waals surface area contributed by atoms with Crippen LogP contribution in [0.1, 0.15) is 42.5 Å². The van der Waals surface area contributed by atoms with Crippen LogP contribution in [0.5, 0.6) is 0 Å². The maximum atomic E-state index is 11.2. The first kappa shape index (κ1) is 18.5. The van der Waals surface area contributed by atoms with Gasteiger partial charge in [-0.1, -0.05) is 18.9 Å². The molecule has 0 atom stereocenters. The number of hydrogen-bond donors (Lipinski definition) is 2. The zero-order valence-electron chi connectivity index (χ0n) is 13.6. The van der Waals surface area contributed by atoms with E-state index in [-0.39, 0.29) is 0 Å². The number of unbranched alkanes of at least 4 members (excludes halogenated alkanes) is 3. The van der Waals surface area contributed by atoms with Crippen molar-refractivity contribution in [3.05, 3.63) is 29.8 Å². The van der Waals surface area contributed by atoms with E-state index >= 15 is 0 Å². The van der Waals surface area contributed by atoms with E-state index in [2.05, 4.69) is 4.90 Å². The Bertz CT molecular complexity index is 438. The van der Waals surface area contributed by atoms with Gasteiger partial charge in [0.05, 0.1) is 0 Å². The first-order valence-electron chi connectivity index (χ1n) is 8.04. The molecule has 1 rings (SSSR count). The van der Waals surface area contributed by atoms with Crippen LogP contribution in [0.15, 0.2) is 24.3 Å². The van der Waals surface area contributed by atoms with Crippen LogP contribution >= 0.6 is 0 Å². The highest BCUT2D eigenvalue weighted by Gasteiger charge is 2.04. The molecule has 22 heavy (non-hydrogen) atoms. The molecule has 0 unspecified atom stereocenters. The molecule has 1 aromatic carbocycles. The van der Waals surface area contributed by atoms with Crippen LogP contribution in [0.25, 0.3) is 0 Å². The molecule has 5 nitrogen and oxygen atoms in total. The predicted molar refractivity (Wildman–Crippen MR) is 91.2 cm³/mol. The second-order valence-corrected chi connectivity index (χ2v) is 5.50. The number of hydrogen-bond acceptors (Lipinski definition) is 4. The van der Waals surface area contributed by atoms with E-state index in [1.54, 1.807) is 6.07 Å². The van der Waals surface area contributed by atoms with Crippen molar-refractivity contribution in [2.75, 3.05) is 38.3 Å². The highest BCUT2D eigenvalue weighted by atomic mass is 16.5. The molecule has 1 aromatic rings. The van der Waals surface area contributed by atoms with E-state index < -0.39 is 5.91 Å². The number of rotatable bonds is 12. The molecule has 0 aliphatic carbocycles. The average Bonchev–Trinajstić information content (AvgIpc) is 2.53. The second-order valence-electron chi connectivity index (χ2n) is 5.50. The molecule has 0 aromatic heterocycles. The number of nitrogens with two attached hydrogens (primary N) is 2. The molecule has 1 amide bonds.